The summed E-state index contributed by atoms with van der Waals surface area (Å²) < 4.78 is 2.48. The number of aromatic nitrogens is 1. The first-order chi connectivity index (χ1) is 12.3. The van der Waals surface area contributed by atoms with Crippen LogP contribution in [0.2, 0.25) is 0 Å². The highest BCUT2D eigenvalue weighted by Gasteiger charge is 2.30. The van der Waals surface area contributed by atoms with E-state index in [4.69, 9.17) is 0 Å². The summed E-state index contributed by atoms with van der Waals surface area (Å²) in [5.41, 5.74) is 5.50. The minimum atomic E-state index is 0.310. The van der Waals surface area contributed by atoms with E-state index >= 15 is 0 Å². The van der Waals surface area contributed by atoms with Gasteiger partial charge in [0.2, 0.25) is 0 Å². The summed E-state index contributed by atoms with van der Waals surface area (Å²) in [6.07, 6.45) is 3.62. The molecule has 4 rings (SSSR count). The second-order valence-corrected chi connectivity index (χ2v) is 6.94. The molecule has 0 aliphatic carbocycles. The fraction of sp³-hybridized carbons (Fsp3) is 0.318. The van der Waals surface area contributed by atoms with Gasteiger partial charge in [-0.2, -0.15) is 0 Å². The molecule has 0 spiro atoms. The van der Waals surface area contributed by atoms with E-state index in [-0.39, 0.29) is 0 Å². The summed E-state index contributed by atoms with van der Waals surface area (Å²) >= 11 is 0. The zero-order chi connectivity index (χ0) is 17.2. The summed E-state index contributed by atoms with van der Waals surface area (Å²) in [6.45, 7) is 1.93. The highest BCUT2D eigenvalue weighted by molar-refractivity contribution is 5.86. The van der Waals surface area contributed by atoms with Crippen molar-refractivity contribution in [3.8, 4) is 0 Å². The number of rotatable bonds is 5. The third-order valence-electron chi connectivity index (χ3n) is 5.42. The summed E-state index contributed by atoms with van der Waals surface area (Å²) in [7, 11) is 2.18. The molecule has 1 aliphatic rings. The van der Waals surface area contributed by atoms with Gasteiger partial charge in [0.15, 0.2) is 0 Å². The number of nitrogens with zero attached hydrogens (tertiary/aromatic N) is 2. The normalized spacial score (nSPS) is 17.6. The fourth-order valence-electron chi connectivity index (χ4n) is 4.21. The number of fused-ring (bicyclic) bond motifs is 3. The lowest BCUT2D eigenvalue weighted by Crippen LogP contribution is -2.33. The van der Waals surface area contributed by atoms with Crippen molar-refractivity contribution < 1.29 is 4.79 Å². The molecule has 3 heteroatoms. The molecule has 3 nitrogen and oxygen atoms in total. The Kier molecular flexibility index (Phi) is 4.41. The molecule has 1 aliphatic heterocycles. The number of likely N-dealkylation sites (N-methyl/N-ethyl adjacent to an activating group) is 1. The van der Waals surface area contributed by atoms with E-state index in [1.165, 1.54) is 27.7 Å². The van der Waals surface area contributed by atoms with Crippen molar-refractivity contribution in [2.75, 3.05) is 13.6 Å². The van der Waals surface area contributed by atoms with Crippen LogP contribution < -0.4 is 0 Å². The molecule has 0 N–H and O–H groups in total. The monoisotopic (exact) mass is 332 g/mol. The minimum Gasteiger partial charge on any atom is -0.338 e. The van der Waals surface area contributed by atoms with Gasteiger partial charge < -0.3 is 9.36 Å². The molecular weight excluding hydrogens is 308 g/mol. The number of hydrogen-bond acceptors (Lipinski definition) is 2. The Labute approximate surface area is 148 Å². The van der Waals surface area contributed by atoms with Gasteiger partial charge in [-0.05, 0) is 37.1 Å². The van der Waals surface area contributed by atoms with Crippen molar-refractivity contribution in [3.05, 3.63) is 71.4 Å². The molecule has 128 valence electrons. The molecule has 0 bridgehead atoms. The predicted molar refractivity (Wildman–Crippen MR) is 102 cm³/mol. The van der Waals surface area contributed by atoms with Crippen molar-refractivity contribution in [2.24, 2.45) is 0 Å². The molecule has 1 atom stereocenters. The highest BCUT2D eigenvalue weighted by Crippen LogP contribution is 2.38. The molecule has 0 amide bonds. The molecule has 1 unspecified atom stereocenters. The quantitative estimate of drug-likeness (QED) is 0.654. The predicted octanol–water partition coefficient (Wildman–Crippen LogP) is 4.20. The van der Waals surface area contributed by atoms with Crippen LogP contribution in [0.1, 0.15) is 35.7 Å². The number of aldehydes is 1. The third-order valence-corrected chi connectivity index (χ3v) is 5.42. The number of para-hydroxylation sites is 1. The Morgan fingerprint density at radius 1 is 1.08 bits per heavy atom. The van der Waals surface area contributed by atoms with Crippen molar-refractivity contribution in [2.45, 2.75) is 31.8 Å². The molecule has 2 heterocycles. The van der Waals surface area contributed by atoms with Crippen molar-refractivity contribution in [1.29, 1.82) is 0 Å². The fourth-order valence-corrected chi connectivity index (χ4v) is 4.21. The Balaban J connectivity index is 1.88. The average molecular weight is 332 g/mol. The second kappa shape index (κ2) is 6.85. The molecule has 1 aromatic heterocycles. The second-order valence-electron chi connectivity index (χ2n) is 6.94. The van der Waals surface area contributed by atoms with Crippen LogP contribution in [-0.4, -0.2) is 29.3 Å². The lowest BCUT2D eigenvalue weighted by Gasteiger charge is -2.34. The zero-order valence-electron chi connectivity index (χ0n) is 14.7. The Bertz CT molecular complexity index is 882. The Morgan fingerprint density at radius 2 is 1.84 bits per heavy atom. The van der Waals surface area contributed by atoms with Crippen LogP contribution in [0.4, 0.5) is 0 Å². The lowest BCUT2D eigenvalue weighted by molar-refractivity contribution is -0.108. The molecule has 0 saturated heterocycles. The van der Waals surface area contributed by atoms with Gasteiger partial charge in [-0.3, -0.25) is 4.90 Å². The minimum absolute atomic E-state index is 0.310. The van der Waals surface area contributed by atoms with Crippen LogP contribution in [0.5, 0.6) is 0 Å². The maximum atomic E-state index is 11.0. The molecular formula is C22H24N2O. The van der Waals surface area contributed by atoms with E-state index in [0.717, 1.165) is 32.2 Å². The van der Waals surface area contributed by atoms with Gasteiger partial charge in [-0.1, -0.05) is 48.5 Å². The van der Waals surface area contributed by atoms with E-state index in [1.54, 1.807) is 0 Å². The van der Waals surface area contributed by atoms with Gasteiger partial charge in [-0.25, -0.2) is 0 Å². The molecule has 0 fully saturated rings. The molecule has 25 heavy (non-hydrogen) atoms. The first kappa shape index (κ1) is 16.1. The summed E-state index contributed by atoms with van der Waals surface area (Å²) in [5, 5.41) is 1.37. The molecule has 2 aromatic carbocycles. The van der Waals surface area contributed by atoms with Crippen molar-refractivity contribution in [1.82, 2.24) is 9.47 Å². The van der Waals surface area contributed by atoms with E-state index in [9.17, 15) is 4.79 Å². The summed E-state index contributed by atoms with van der Waals surface area (Å²) in [4.78, 5) is 13.4. The molecule has 0 radical (unpaired) electrons. The van der Waals surface area contributed by atoms with Crippen LogP contribution in [0, 0.1) is 0 Å². The number of benzene rings is 2. The smallest absolute Gasteiger partial charge is 0.120 e. The van der Waals surface area contributed by atoms with Gasteiger partial charge >= 0.3 is 0 Å². The van der Waals surface area contributed by atoms with Crippen molar-refractivity contribution >= 4 is 17.2 Å². The van der Waals surface area contributed by atoms with Gasteiger partial charge in [0.25, 0.3) is 0 Å². The van der Waals surface area contributed by atoms with Gasteiger partial charge in [0, 0.05) is 36.1 Å². The Morgan fingerprint density at radius 3 is 2.64 bits per heavy atom. The largest absolute Gasteiger partial charge is 0.338 e. The van der Waals surface area contributed by atoms with Crippen molar-refractivity contribution in [3.63, 3.8) is 0 Å². The van der Waals surface area contributed by atoms with Crippen LogP contribution in [0.3, 0.4) is 0 Å². The molecule has 0 saturated carbocycles. The average Bonchev–Trinajstić information content (AvgIpc) is 2.96. The number of carbonyl (C=O) groups is 1. The van der Waals surface area contributed by atoms with E-state index in [2.05, 4.69) is 71.1 Å². The summed E-state index contributed by atoms with van der Waals surface area (Å²) in [5.74, 6) is 0. The van der Waals surface area contributed by atoms with E-state index in [1.807, 2.05) is 0 Å². The zero-order valence-corrected chi connectivity index (χ0v) is 14.7. The van der Waals surface area contributed by atoms with Gasteiger partial charge in [0.1, 0.15) is 6.29 Å². The summed E-state index contributed by atoms with van der Waals surface area (Å²) in [6, 6.07) is 19.7. The molecule has 3 aromatic rings. The number of hydrogen-bond donors (Lipinski definition) is 0. The SMILES string of the molecule is CN1CCc2c(n(Cc3ccccc3)c3ccccc23)C1CCC=O. The van der Waals surface area contributed by atoms with Gasteiger partial charge in [0.05, 0.1) is 6.04 Å². The topological polar surface area (TPSA) is 25.2 Å². The highest BCUT2D eigenvalue weighted by atomic mass is 16.1. The maximum Gasteiger partial charge on any atom is 0.120 e. The first-order valence-corrected chi connectivity index (χ1v) is 9.07. The maximum absolute atomic E-state index is 11.0. The third kappa shape index (κ3) is 2.89. The Hall–Kier alpha value is -2.39. The van der Waals surface area contributed by atoms with Gasteiger partial charge in [-0.15, -0.1) is 0 Å². The van der Waals surface area contributed by atoms with E-state index < -0.39 is 0 Å². The van der Waals surface area contributed by atoms with E-state index in [0.29, 0.717) is 12.5 Å². The standard InChI is InChI=1S/C22H24N2O/c1-23-14-13-19-18-10-5-6-11-20(18)24(16-17-8-3-2-4-9-17)22(19)21(23)12-7-15-25/h2-6,8-11,15,21H,7,12-14,16H2,1H3. The van der Waals surface area contributed by atoms with Crippen LogP contribution in [0.15, 0.2) is 54.6 Å². The van der Waals surface area contributed by atoms with Crippen LogP contribution in [0.25, 0.3) is 10.9 Å². The van der Waals surface area contributed by atoms with Crippen LogP contribution >= 0.6 is 0 Å². The number of carbonyl (C=O) groups excluding carboxylic acids is 1. The van der Waals surface area contributed by atoms with Crippen LogP contribution in [-0.2, 0) is 17.8 Å². The lowest BCUT2D eigenvalue weighted by atomic mass is 9.95. The first-order valence-electron chi connectivity index (χ1n) is 9.07.